The second-order valence-electron chi connectivity index (χ2n) is 3.28. The second kappa shape index (κ2) is 7.60. The van der Waals surface area contributed by atoms with Crippen LogP contribution in [0.2, 0.25) is 0 Å². The van der Waals surface area contributed by atoms with E-state index >= 15 is 0 Å². The topological polar surface area (TPSA) is 29.5 Å². The molecule has 2 nitrogen and oxygen atoms in total. The third-order valence-corrected chi connectivity index (χ3v) is 2.91. The molecule has 0 unspecified atom stereocenters. The summed E-state index contributed by atoms with van der Waals surface area (Å²) in [5.41, 5.74) is 0. The molecule has 3 heteroatoms. The first kappa shape index (κ1) is 12.4. The van der Waals surface area contributed by atoms with Crippen molar-refractivity contribution < 1.29 is 9.84 Å². The maximum absolute atomic E-state index is 8.62. The Morgan fingerprint density at radius 1 is 1.20 bits per heavy atom. The minimum absolute atomic E-state index is 0.279. The summed E-state index contributed by atoms with van der Waals surface area (Å²) in [6, 6.07) is 8.07. The average molecular weight is 226 g/mol. The lowest BCUT2D eigenvalue weighted by Crippen LogP contribution is -1.98. The number of benzene rings is 1. The van der Waals surface area contributed by atoms with E-state index in [0.717, 1.165) is 31.6 Å². The first-order valence-corrected chi connectivity index (χ1v) is 6.47. The Morgan fingerprint density at radius 2 is 2.00 bits per heavy atom. The van der Waals surface area contributed by atoms with Crippen molar-refractivity contribution in [2.45, 2.75) is 24.2 Å². The van der Waals surface area contributed by atoms with E-state index in [1.165, 1.54) is 4.90 Å². The van der Waals surface area contributed by atoms with Gasteiger partial charge in [0.25, 0.3) is 0 Å². The fourth-order valence-electron chi connectivity index (χ4n) is 1.31. The molecule has 0 saturated carbocycles. The van der Waals surface area contributed by atoms with Crippen LogP contribution in [-0.4, -0.2) is 24.6 Å². The van der Waals surface area contributed by atoms with E-state index in [1.807, 2.05) is 24.5 Å². The zero-order chi connectivity index (χ0) is 10.9. The van der Waals surface area contributed by atoms with E-state index in [1.54, 1.807) is 11.8 Å². The molecule has 0 aliphatic carbocycles. The van der Waals surface area contributed by atoms with E-state index in [0.29, 0.717) is 0 Å². The van der Waals surface area contributed by atoms with Crippen LogP contribution in [0.25, 0.3) is 0 Å². The first-order valence-electron chi connectivity index (χ1n) is 5.25. The Hall–Kier alpha value is -0.670. The van der Waals surface area contributed by atoms with Crippen molar-refractivity contribution in [2.75, 3.05) is 19.5 Å². The molecule has 0 bridgehead atoms. The van der Waals surface area contributed by atoms with Gasteiger partial charge in [-0.2, -0.15) is 0 Å². The van der Waals surface area contributed by atoms with Gasteiger partial charge in [-0.15, -0.1) is 11.8 Å². The van der Waals surface area contributed by atoms with Crippen molar-refractivity contribution in [1.82, 2.24) is 0 Å². The van der Waals surface area contributed by atoms with Gasteiger partial charge >= 0.3 is 0 Å². The number of hydrogen-bond donors (Lipinski definition) is 1. The van der Waals surface area contributed by atoms with E-state index < -0.39 is 0 Å². The fraction of sp³-hybridized carbons (Fsp3) is 0.500. The smallest absolute Gasteiger partial charge is 0.132 e. The van der Waals surface area contributed by atoms with Crippen LogP contribution in [0.1, 0.15) is 19.3 Å². The Kier molecular flexibility index (Phi) is 6.28. The maximum Gasteiger partial charge on any atom is 0.132 e. The van der Waals surface area contributed by atoms with Crippen molar-refractivity contribution in [2.24, 2.45) is 0 Å². The highest BCUT2D eigenvalue weighted by Gasteiger charge is 2.00. The zero-order valence-electron chi connectivity index (χ0n) is 9.11. The van der Waals surface area contributed by atoms with Gasteiger partial charge in [0.05, 0.1) is 6.61 Å². The maximum atomic E-state index is 8.62. The number of ether oxygens (including phenoxy) is 1. The lowest BCUT2D eigenvalue weighted by atomic mass is 10.2. The molecule has 0 aliphatic rings. The highest BCUT2D eigenvalue weighted by atomic mass is 32.2. The summed E-state index contributed by atoms with van der Waals surface area (Å²) in [4.78, 5) is 1.18. The molecular weight excluding hydrogens is 208 g/mol. The van der Waals surface area contributed by atoms with Gasteiger partial charge in [-0.3, -0.25) is 0 Å². The van der Waals surface area contributed by atoms with E-state index in [9.17, 15) is 0 Å². The third-order valence-electron chi connectivity index (χ3n) is 2.13. The summed E-state index contributed by atoms with van der Waals surface area (Å²) >= 11 is 1.70. The Labute approximate surface area is 95.7 Å². The number of para-hydroxylation sites is 1. The van der Waals surface area contributed by atoms with Crippen LogP contribution < -0.4 is 4.74 Å². The third kappa shape index (κ3) is 4.58. The van der Waals surface area contributed by atoms with Gasteiger partial charge < -0.3 is 9.84 Å². The van der Waals surface area contributed by atoms with Gasteiger partial charge in [-0.25, -0.2) is 0 Å². The zero-order valence-corrected chi connectivity index (χ0v) is 9.93. The van der Waals surface area contributed by atoms with Gasteiger partial charge in [-0.05, 0) is 37.7 Å². The summed E-state index contributed by atoms with van der Waals surface area (Å²) < 4.78 is 5.67. The predicted molar refractivity (Wildman–Crippen MR) is 64.7 cm³/mol. The van der Waals surface area contributed by atoms with Gasteiger partial charge in [0.2, 0.25) is 0 Å². The van der Waals surface area contributed by atoms with Crippen molar-refractivity contribution in [3.63, 3.8) is 0 Å². The number of unbranched alkanes of at least 4 members (excludes halogenated alkanes) is 2. The van der Waals surface area contributed by atoms with Crippen LogP contribution in [-0.2, 0) is 0 Å². The highest BCUT2D eigenvalue weighted by molar-refractivity contribution is 7.98. The summed E-state index contributed by atoms with van der Waals surface area (Å²) in [7, 11) is 0. The van der Waals surface area contributed by atoms with Gasteiger partial charge in [-0.1, -0.05) is 12.1 Å². The van der Waals surface area contributed by atoms with Crippen LogP contribution in [0.3, 0.4) is 0 Å². The lowest BCUT2D eigenvalue weighted by Gasteiger charge is -2.09. The molecule has 0 heterocycles. The van der Waals surface area contributed by atoms with Crippen LogP contribution in [0.5, 0.6) is 5.75 Å². The Bertz CT molecular complexity index is 276. The van der Waals surface area contributed by atoms with E-state index in [4.69, 9.17) is 9.84 Å². The molecule has 0 radical (unpaired) electrons. The Balaban J connectivity index is 2.30. The minimum atomic E-state index is 0.279. The number of thioether (sulfide) groups is 1. The number of rotatable bonds is 7. The standard InChI is InChI=1S/C12H18O2S/c1-15-12-8-4-3-7-11(12)14-10-6-2-5-9-13/h3-4,7-8,13H,2,5-6,9-10H2,1H3. The molecule has 1 N–H and O–H groups in total. The molecule has 0 atom stereocenters. The average Bonchev–Trinajstić information content (AvgIpc) is 2.29. The monoisotopic (exact) mass is 226 g/mol. The SMILES string of the molecule is CSc1ccccc1OCCCCCO. The van der Waals surface area contributed by atoms with Gasteiger partial charge in [0.1, 0.15) is 5.75 Å². The molecule has 0 aromatic heterocycles. The molecule has 15 heavy (non-hydrogen) atoms. The van der Waals surface area contributed by atoms with Crippen LogP contribution >= 0.6 is 11.8 Å². The summed E-state index contributed by atoms with van der Waals surface area (Å²) in [5.74, 6) is 0.967. The normalized spacial score (nSPS) is 10.3. The number of hydrogen-bond acceptors (Lipinski definition) is 3. The summed E-state index contributed by atoms with van der Waals surface area (Å²) in [6.45, 7) is 1.01. The molecule has 0 amide bonds. The molecule has 1 aromatic carbocycles. The molecule has 84 valence electrons. The van der Waals surface area contributed by atoms with Crippen LogP contribution in [0.15, 0.2) is 29.2 Å². The number of aliphatic hydroxyl groups is 1. The number of aliphatic hydroxyl groups excluding tert-OH is 1. The van der Waals surface area contributed by atoms with Crippen LogP contribution in [0, 0.1) is 0 Å². The summed E-state index contributed by atoms with van der Waals surface area (Å²) in [6.07, 6.45) is 4.95. The fourth-order valence-corrected chi connectivity index (χ4v) is 1.85. The quantitative estimate of drug-likeness (QED) is 0.572. The van der Waals surface area contributed by atoms with Crippen molar-refractivity contribution in [3.8, 4) is 5.75 Å². The first-order chi connectivity index (χ1) is 7.38. The van der Waals surface area contributed by atoms with Gasteiger partial charge in [0.15, 0.2) is 0 Å². The molecule has 1 aromatic rings. The van der Waals surface area contributed by atoms with E-state index in [2.05, 4.69) is 6.07 Å². The predicted octanol–water partition coefficient (Wildman–Crippen LogP) is 2.95. The molecule has 0 aliphatic heterocycles. The van der Waals surface area contributed by atoms with Crippen LogP contribution in [0.4, 0.5) is 0 Å². The summed E-state index contributed by atoms with van der Waals surface area (Å²) in [5, 5.41) is 8.62. The molecular formula is C12H18O2S. The van der Waals surface area contributed by atoms with E-state index in [-0.39, 0.29) is 6.61 Å². The highest BCUT2D eigenvalue weighted by Crippen LogP contribution is 2.26. The van der Waals surface area contributed by atoms with Crippen molar-refractivity contribution in [1.29, 1.82) is 0 Å². The minimum Gasteiger partial charge on any atom is -0.492 e. The van der Waals surface area contributed by atoms with Crippen molar-refractivity contribution in [3.05, 3.63) is 24.3 Å². The second-order valence-corrected chi connectivity index (χ2v) is 4.13. The molecule has 0 spiro atoms. The molecule has 1 rings (SSSR count). The molecule has 0 fully saturated rings. The lowest BCUT2D eigenvalue weighted by molar-refractivity contribution is 0.264. The van der Waals surface area contributed by atoms with Gasteiger partial charge in [0, 0.05) is 11.5 Å². The Morgan fingerprint density at radius 3 is 2.73 bits per heavy atom. The molecule has 0 saturated heterocycles. The van der Waals surface area contributed by atoms with Crippen molar-refractivity contribution >= 4 is 11.8 Å². The largest absolute Gasteiger partial charge is 0.492 e.